The number of aryl methyl sites for hydroxylation is 1. The van der Waals surface area contributed by atoms with Gasteiger partial charge in [-0.15, -0.1) is 0 Å². The Kier molecular flexibility index (Phi) is 3.56. The predicted octanol–water partition coefficient (Wildman–Crippen LogP) is 3.75. The van der Waals surface area contributed by atoms with Crippen LogP contribution in [0.5, 0.6) is 0 Å². The standard InChI is InChI=1S/C14H20ClN/c1-9(2)16-8-11-7-14(11)13-5-4-12(15)6-10(13)3/h4-6,9,11,14,16H,7-8H2,1-3H3. The molecule has 1 aromatic rings. The van der Waals surface area contributed by atoms with Crippen molar-refractivity contribution in [3.63, 3.8) is 0 Å². The van der Waals surface area contributed by atoms with Crippen molar-refractivity contribution in [2.75, 3.05) is 6.54 Å². The van der Waals surface area contributed by atoms with Crippen LogP contribution in [0.4, 0.5) is 0 Å². The quantitative estimate of drug-likeness (QED) is 0.841. The number of rotatable bonds is 4. The molecule has 2 unspecified atom stereocenters. The molecule has 1 nitrogen and oxygen atoms in total. The number of nitrogens with one attached hydrogen (secondary N) is 1. The van der Waals surface area contributed by atoms with Gasteiger partial charge in [-0.25, -0.2) is 0 Å². The molecule has 1 N–H and O–H groups in total. The fourth-order valence-corrected chi connectivity index (χ4v) is 2.52. The normalized spacial score (nSPS) is 23.8. The number of benzene rings is 1. The van der Waals surface area contributed by atoms with E-state index in [1.807, 2.05) is 6.07 Å². The van der Waals surface area contributed by atoms with Gasteiger partial charge >= 0.3 is 0 Å². The van der Waals surface area contributed by atoms with E-state index in [0.29, 0.717) is 6.04 Å². The highest BCUT2D eigenvalue weighted by atomic mass is 35.5. The minimum absolute atomic E-state index is 0.590. The molecule has 1 fully saturated rings. The van der Waals surface area contributed by atoms with Gasteiger partial charge in [-0.05, 0) is 55.0 Å². The molecule has 0 aliphatic heterocycles. The van der Waals surface area contributed by atoms with E-state index in [1.165, 1.54) is 17.5 Å². The van der Waals surface area contributed by atoms with E-state index in [9.17, 15) is 0 Å². The smallest absolute Gasteiger partial charge is 0.0408 e. The van der Waals surface area contributed by atoms with Crippen LogP contribution < -0.4 is 5.32 Å². The third-order valence-electron chi connectivity index (χ3n) is 3.34. The van der Waals surface area contributed by atoms with Crippen LogP contribution in [0.3, 0.4) is 0 Å². The third kappa shape index (κ3) is 2.78. The summed E-state index contributed by atoms with van der Waals surface area (Å²) in [4.78, 5) is 0. The number of halogens is 1. The van der Waals surface area contributed by atoms with Gasteiger partial charge in [-0.3, -0.25) is 0 Å². The van der Waals surface area contributed by atoms with Gasteiger partial charge in [0.1, 0.15) is 0 Å². The van der Waals surface area contributed by atoms with Gasteiger partial charge in [0.25, 0.3) is 0 Å². The van der Waals surface area contributed by atoms with Crippen LogP contribution in [0.2, 0.25) is 5.02 Å². The van der Waals surface area contributed by atoms with Gasteiger partial charge < -0.3 is 5.32 Å². The fourth-order valence-electron chi connectivity index (χ4n) is 2.30. The molecular weight excluding hydrogens is 218 g/mol. The molecule has 0 radical (unpaired) electrons. The van der Waals surface area contributed by atoms with Crippen LogP contribution >= 0.6 is 11.6 Å². The lowest BCUT2D eigenvalue weighted by Crippen LogP contribution is -2.25. The molecule has 1 aliphatic rings. The average Bonchev–Trinajstić information content (AvgIpc) is 2.94. The Morgan fingerprint density at radius 3 is 2.81 bits per heavy atom. The van der Waals surface area contributed by atoms with Crippen molar-refractivity contribution < 1.29 is 0 Å². The Morgan fingerprint density at radius 1 is 1.44 bits per heavy atom. The van der Waals surface area contributed by atoms with Crippen molar-refractivity contribution in [3.05, 3.63) is 34.3 Å². The lowest BCUT2D eigenvalue weighted by molar-refractivity contribution is 0.554. The van der Waals surface area contributed by atoms with Crippen molar-refractivity contribution in [2.24, 2.45) is 5.92 Å². The average molecular weight is 238 g/mol. The maximum Gasteiger partial charge on any atom is 0.0408 e. The van der Waals surface area contributed by atoms with E-state index in [-0.39, 0.29) is 0 Å². The maximum atomic E-state index is 5.97. The van der Waals surface area contributed by atoms with Gasteiger partial charge in [-0.1, -0.05) is 31.5 Å². The van der Waals surface area contributed by atoms with Crippen LogP contribution in [0.25, 0.3) is 0 Å². The molecular formula is C14H20ClN. The van der Waals surface area contributed by atoms with E-state index in [2.05, 4.69) is 38.2 Å². The predicted molar refractivity (Wildman–Crippen MR) is 70.2 cm³/mol. The summed E-state index contributed by atoms with van der Waals surface area (Å²) in [6, 6.07) is 6.86. The molecule has 0 heterocycles. The molecule has 0 saturated heterocycles. The number of hydrogen-bond acceptors (Lipinski definition) is 1. The highest BCUT2D eigenvalue weighted by Gasteiger charge is 2.38. The first-order valence-corrected chi connectivity index (χ1v) is 6.45. The second-order valence-electron chi connectivity index (χ2n) is 5.17. The second kappa shape index (κ2) is 4.77. The van der Waals surface area contributed by atoms with Crippen LogP contribution in [0, 0.1) is 12.8 Å². The van der Waals surface area contributed by atoms with E-state index < -0.39 is 0 Å². The molecule has 2 rings (SSSR count). The van der Waals surface area contributed by atoms with E-state index in [4.69, 9.17) is 11.6 Å². The first-order valence-electron chi connectivity index (χ1n) is 6.07. The van der Waals surface area contributed by atoms with Crippen molar-refractivity contribution in [1.29, 1.82) is 0 Å². The molecule has 16 heavy (non-hydrogen) atoms. The molecule has 88 valence electrons. The van der Waals surface area contributed by atoms with Crippen molar-refractivity contribution in [1.82, 2.24) is 5.32 Å². The van der Waals surface area contributed by atoms with E-state index in [0.717, 1.165) is 23.4 Å². The SMILES string of the molecule is Cc1cc(Cl)ccc1C1CC1CNC(C)C. The van der Waals surface area contributed by atoms with Gasteiger partial charge in [-0.2, -0.15) is 0 Å². The summed E-state index contributed by atoms with van der Waals surface area (Å²) in [5.74, 6) is 1.57. The van der Waals surface area contributed by atoms with Crippen molar-refractivity contribution >= 4 is 11.6 Å². The molecule has 0 amide bonds. The van der Waals surface area contributed by atoms with Gasteiger partial charge in [0.2, 0.25) is 0 Å². The van der Waals surface area contributed by atoms with Gasteiger partial charge in [0.15, 0.2) is 0 Å². The zero-order valence-electron chi connectivity index (χ0n) is 10.3. The summed E-state index contributed by atoms with van der Waals surface area (Å²) in [7, 11) is 0. The Balaban J connectivity index is 1.95. The summed E-state index contributed by atoms with van der Waals surface area (Å²) in [6.45, 7) is 7.70. The van der Waals surface area contributed by atoms with Crippen LogP contribution in [-0.2, 0) is 0 Å². The first-order chi connectivity index (χ1) is 7.58. The molecule has 0 spiro atoms. The fraction of sp³-hybridized carbons (Fsp3) is 0.571. The van der Waals surface area contributed by atoms with E-state index >= 15 is 0 Å². The maximum absolute atomic E-state index is 5.97. The van der Waals surface area contributed by atoms with Crippen molar-refractivity contribution in [2.45, 2.75) is 39.2 Å². The lowest BCUT2D eigenvalue weighted by atomic mass is 10.0. The Morgan fingerprint density at radius 2 is 2.19 bits per heavy atom. The Hall–Kier alpha value is -0.530. The molecule has 2 heteroatoms. The molecule has 1 aromatic carbocycles. The number of hydrogen-bond donors (Lipinski definition) is 1. The highest BCUT2D eigenvalue weighted by Crippen LogP contribution is 2.48. The topological polar surface area (TPSA) is 12.0 Å². The summed E-state index contributed by atoms with van der Waals surface area (Å²) in [5, 5.41) is 4.36. The molecule has 1 saturated carbocycles. The van der Waals surface area contributed by atoms with Crippen LogP contribution in [0.15, 0.2) is 18.2 Å². The zero-order chi connectivity index (χ0) is 11.7. The molecule has 0 bridgehead atoms. The van der Waals surface area contributed by atoms with Crippen molar-refractivity contribution in [3.8, 4) is 0 Å². The monoisotopic (exact) mass is 237 g/mol. The van der Waals surface area contributed by atoms with E-state index in [1.54, 1.807) is 0 Å². The largest absolute Gasteiger partial charge is 0.314 e. The van der Waals surface area contributed by atoms with Gasteiger partial charge in [0, 0.05) is 11.1 Å². The first kappa shape index (κ1) is 11.9. The summed E-state index contributed by atoms with van der Waals surface area (Å²) in [5.41, 5.74) is 2.82. The van der Waals surface area contributed by atoms with Crippen LogP contribution in [-0.4, -0.2) is 12.6 Å². The Labute approximate surface area is 103 Å². The zero-order valence-corrected chi connectivity index (χ0v) is 11.0. The van der Waals surface area contributed by atoms with Crippen LogP contribution in [0.1, 0.15) is 37.3 Å². The summed E-state index contributed by atoms with van der Waals surface area (Å²) < 4.78 is 0. The summed E-state index contributed by atoms with van der Waals surface area (Å²) in [6.07, 6.45) is 1.32. The lowest BCUT2D eigenvalue weighted by Gasteiger charge is -2.08. The second-order valence-corrected chi connectivity index (χ2v) is 5.60. The van der Waals surface area contributed by atoms with Gasteiger partial charge in [0.05, 0.1) is 0 Å². The third-order valence-corrected chi connectivity index (χ3v) is 3.58. The summed E-state index contributed by atoms with van der Waals surface area (Å²) >= 11 is 5.97. The minimum Gasteiger partial charge on any atom is -0.314 e. The molecule has 0 aromatic heterocycles. The highest BCUT2D eigenvalue weighted by molar-refractivity contribution is 6.30. The molecule has 2 atom stereocenters. The minimum atomic E-state index is 0.590. The molecule has 1 aliphatic carbocycles. The Bertz CT molecular complexity index is 373.